The molecule has 11 nitrogen and oxygen atoms in total. The molecule has 0 aliphatic heterocycles. The van der Waals surface area contributed by atoms with Gasteiger partial charge in [-0.15, -0.1) is 0 Å². The number of rotatable bonds is 7. The molecular formula is C23H14N4O7. The summed E-state index contributed by atoms with van der Waals surface area (Å²) in [5, 5.41) is 33.5. The number of carbonyl (C=O) groups excluding carboxylic acids is 2. The Hall–Kier alpha value is -5.37. The lowest BCUT2D eigenvalue weighted by Gasteiger charge is -2.06. The second-order valence-corrected chi connectivity index (χ2v) is 6.70. The van der Waals surface area contributed by atoms with E-state index in [9.17, 15) is 35.1 Å². The van der Waals surface area contributed by atoms with E-state index in [1.54, 1.807) is 6.07 Å². The fraction of sp³-hybridized carbons (Fsp3) is 0. The number of ether oxygens (including phenoxy) is 1. The first-order valence-corrected chi connectivity index (χ1v) is 9.51. The van der Waals surface area contributed by atoms with Crippen LogP contribution in [-0.2, 0) is 4.79 Å². The van der Waals surface area contributed by atoms with Crippen LogP contribution in [0.1, 0.15) is 15.9 Å². The van der Waals surface area contributed by atoms with Gasteiger partial charge in [-0.05, 0) is 35.9 Å². The van der Waals surface area contributed by atoms with Crippen LogP contribution in [-0.4, -0.2) is 21.7 Å². The number of nitriles is 1. The number of amides is 1. The van der Waals surface area contributed by atoms with Gasteiger partial charge >= 0.3 is 5.97 Å². The van der Waals surface area contributed by atoms with Gasteiger partial charge in [0.05, 0.1) is 15.4 Å². The van der Waals surface area contributed by atoms with Crippen LogP contribution in [0.2, 0.25) is 0 Å². The number of nitrogens with one attached hydrogen (secondary N) is 1. The maximum absolute atomic E-state index is 12.4. The number of anilines is 1. The summed E-state index contributed by atoms with van der Waals surface area (Å²) < 4.78 is 5.20. The van der Waals surface area contributed by atoms with Crippen LogP contribution in [0.3, 0.4) is 0 Å². The van der Waals surface area contributed by atoms with E-state index >= 15 is 0 Å². The SMILES string of the molecule is N#C/C(=C\c1ccc(OC(=O)c2cccc([N+](=O)[O-])c2)cc1)C(=O)Nc1cccc([N+](=O)[O-])c1. The van der Waals surface area contributed by atoms with Crippen molar-refractivity contribution in [1.29, 1.82) is 5.26 Å². The number of nitro benzene ring substituents is 2. The summed E-state index contributed by atoms with van der Waals surface area (Å²) in [6, 6.07) is 18.0. The molecule has 0 aliphatic rings. The summed E-state index contributed by atoms with van der Waals surface area (Å²) >= 11 is 0. The number of nitro groups is 2. The van der Waals surface area contributed by atoms with E-state index in [1.165, 1.54) is 66.7 Å². The molecule has 0 unspecified atom stereocenters. The Labute approximate surface area is 191 Å². The van der Waals surface area contributed by atoms with Gasteiger partial charge in [-0.1, -0.05) is 24.3 Å². The number of hydrogen-bond donors (Lipinski definition) is 1. The molecule has 3 aromatic carbocycles. The lowest BCUT2D eigenvalue weighted by Crippen LogP contribution is -2.13. The molecule has 34 heavy (non-hydrogen) atoms. The highest BCUT2D eigenvalue weighted by Crippen LogP contribution is 2.20. The van der Waals surface area contributed by atoms with Gasteiger partial charge < -0.3 is 10.1 Å². The summed E-state index contributed by atoms with van der Waals surface area (Å²) in [6.07, 6.45) is 1.29. The van der Waals surface area contributed by atoms with Gasteiger partial charge in [0.1, 0.15) is 17.4 Å². The zero-order valence-electron chi connectivity index (χ0n) is 17.2. The van der Waals surface area contributed by atoms with Gasteiger partial charge in [-0.3, -0.25) is 25.0 Å². The minimum atomic E-state index is -0.791. The fourth-order valence-electron chi connectivity index (χ4n) is 2.76. The maximum Gasteiger partial charge on any atom is 0.343 e. The third-order valence-corrected chi connectivity index (χ3v) is 4.37. The monoisotopic (exact) mass is 458 g/mol. The van der Waals surface area contributed by atoms with Crippen LogP contribution in [0.25, 0.3) is 6.08 Å². The van der Waals surface area contributed by atoms with E-state index in [4.69, 9.17) is 4.74 Å². The molecule has 0 fully saturated rings. The van der Waals surface area contributed by atoms with Crippen molar-refractivity contribution in [2.75, 3.05) is 5.32 Å². The molecule has 0 saturated carbocycles. The molecule has 1 amide bonds. The van der Waals surface area contributed by atoms with Gasteiger partial charge in [0.15, 0.2) is 0 Å². The van der Waals surface area contributed by atoms with Crippen molar-refractivity contribution >= 4 is 35.0 Å². The number of non-ortho nitro benzene ring substituents is 2. The summed E-state index contributed by atoms with van der Waals surface area (Å²) in [4.78, 5) is 45.1. The highest BCUT2D eigenvalue weighted by molar-refractivity contribution is 6.09. The van der Waals surface area contributed by atoms with Crippen molar-refractivity contribution < 1.29 is 24.2 Å². The van der Waals surface area contributed by atoms with Gasteiger partial charge in [0.2, 0.25) is 0 Å². The van der Waals surface area contributed by atoms with Gasteiger partial charge in [0, 0.05) is 30.0 Å². The first-order chi connectivity index (χ1) is 16.3. The molecular weight excluding hydrogens is 444 g/mol. The predicted molar refractivity (Wildman–Crippen MR) is 120 cm³/mol. The van der Waals surface area contributed by atoms with E-state index < -0.39 is 21.7 Å². The minimum Gasteiger partial charge on any atom is -0.423 e. The van der Waals surface area contributed by atoms with Crippen molar-refractivity contribution in [2.45, 2.75) is 0 Å². The Morgan fingerprint density at radius 1 is 0.912 bits per heavy atom. The maximum atomic E-state index is 12.4. The Kier molecular flexibility index (Phi) is 7.05. The lowest BCUT2D eigenvalue weighted by atomic mass is 10.1. The Bertz CT molecular complexity index is 1360. The topological polar surface area (TPSA) is 165 Å². The minimum absolute atomic E-state index is 0.00255. The first kappa shape index (κ1) is 23.3. The molecule has 0 atom stereocenters. The molecule has 0 saturated heterocycles. The van der Waals surface area contributed by atoms with Gasteiger partial charge in [-0.25, -0.2) is 4.79 Å². The van der Waals surface area contributed by atoms with Crippen LogP contribution < -0.4 is 10.1 Å². The van der Waals surface area contributed by atoms with E-state index in [1.807, 2.05) is 0 Å². The molecule has 3 rings (SSSR count). The lowest BCUT2D eigenvalue weighted by molar-refractivity contribution is -0.385. The third kappa shape index (κ3) is 5.86. The molecule has 168 valence electrons. The highest BCUT2D eigenvalue weighted by atomic mass is 16.6. The summed E-state index contributed by atoms with van der Waals surface area (Å²) in [5.41, 5.74) is -0.113. The van der Waals surface area contributed by atoms with E-state index in [0.717, 1.165) is 12.1 Å². The normalized spacial score (nSPS) is 10.6. The molecule has 3 aromatic rings. The predicted octanol–water partition coefficient (Wildman–Crippen LogP) is 4.27. The van der Waals surface area contributed by atoms with Gasteiger partial charge in [-0.2, -0.15) is 5.26 Å². The van der Waals surface area contributed by atoms with E-state index in [0.29, 0.717) is 5.56 Å². The number of hydrogen-bond acceptors (Lipinski definition) is 8. The molecule has 0 bridgehead atoms. The molecule has 0 spiro atoms. The van der Waals surface area contributed by atoms with Crippen molar-refractivity contribution in [1.82, 2.24) is 0 Å². The number of benzene rings is 3. The fourth-order valence-corrected chi connectivity index (χ4v) is 2.76. The number of esters is 1. The van der Waals surface area contributed by atoms with E-state index in [2.05, 4.69) is 5.32 Å². The van der Waals surface area contributed by atoms with E-state index in [-0.39, 0.29) is 33.9 Å². The molecule has 11 heteroatoms. The second-order valence-electron chi connectivity index (χ2n) is 6.70. The highest BCUT2D eigenvalue weighted by Gasteiger charge is 2.14. The quantitative estimate of drug-likeness (QED) is 0.137. The first-order valence-electron chi connectivity index (χ1n) is 9.51. The van der Waals surface area contributed by atoms with Crippen LogP contribution in [0.4, 0.5) is 17.1 Å². The Morgan fingerprint density at radius 3 is 2.15 bits per heavy atom. The molecule has 0 aromatic heterocycles. The van der Waals surface area contributed by atoms with Crippen LogP contribution in [0.5, 0.6) is 5.75 Å². The largest absolute Gasteiger partial charge is 0.423 e. The third-order valence-electron chi connectivity index (χ3n) is 4.37. The van der Waals surface area contributed by atoms with Gasteiger partial charge in [0.25, 0.3) is 17.3 Å². The summed E-state index contributed by atoms with van der Waals surface area (Å²) in [7, 11) is 0. The van der Waals surface area contributed by atoms with Crippen molar-refractivity contribution in [3.8, 4) is 11.8 Å². The Balaban J connectivity index is 1.70. The summed E-state index contributed by atoms with van der Waals surface area (Å²) in [6.45, 7) is 0. The molecule has 0 heterocycles. The molecule has 0 aliphatic carbocycles. The molecule has 0 radical (unpaired) electrons. The van der Waals surface area contributed by atoms with Crippen molar-refractivity contribution in [3.63, 3.8) is 0 Å². The number of carbonyl (C=O) groups is 2. The smallest absolute Gasteiger partial charge is 0.343 e. The average Bonchev–Trinajstić information content (AvgIpc) is 2.83. The summed E-state index contributed by atoms with van der Waals surface area (Å²) in [5.74, 6) is -1.40. The van der Waals surface area contributed by atoms with Crippen LogP contribution in [0.15, 0.2) is 78.4 Å². The Morgan fingerprint density at radius 2 is 1.53 bits per heavy atom. The number of nitrogens with zero attached hydrogens (tertiary/aromatic N) is 3. The van der Waals surface area contributed by atoms with Crippen LogP contribution in [0, 0.1) is 31.6 Å². The average molecular weight is 458 g/mol. The standard InChI is InChI=1S/C23H14N4O7/c24-14-17(22(28)25-18-4-2-6-20(13-18)27(32)33)11-15-7-9-21(10-8-15)34-23(29)16-3-1-5-19(12-16)26(30)31/h1-13H,(H,25,28)/b17-11+. The van der Waals surface area contributed by atoms with Crippen molar-refractivity contribution in [3.05, 3.63) is 110 Å². The second kappa shape index (κ2) is 10.3. The van der Waals surface area contributed by atoms with Crippen LogP contribution >= 0.6 is 0 Å². The van der Waals surface area contributed by atoms with Crippen molar-refractivity contribution in [2.24, 2.45) is 0 Å². The zero-order chi connectivity index (χ0) is 24.7. The zero-order valence-corrected chi connectivity index (χ0v) is 17.2. The molecule has 1 N–H and O–H groups in total.